The third kappa shape index (κ3) is 8.17. The van der Waals surface area contributed by atoms with Gasteiger partial charge in [-0.25, -0.2) is 0 Å². The van der Waals surface area contributed by atoms with Gasteiger partial charge in [-0.15, -0.1) is 0 Å². The second kappa shape index (κ2) is 8.37. The van der Waals surface area contributed by atoms with Gasteiger partial charge in [0.25, 0.3) is 0 Å². The summed E-state index contributed by atoms with van der Waals surface area (Å²) in [5.74, 6) is 3.07. The van der Waals surface area contributed by atoms with Gasteiger partial charge >= 0.3 is 0 Å². The van der Waals surface area contributed by atoms with Crippen molar-refractivity contribution in [3.63, 3.8) is 0 Å². The molecule has 0 heterocycles. The van der Waals surface area contributed by atoms with Crippen molar-refractivity contribution >= 4 is 11.8 Å². The number of nitrogens with one attached hydrogen (secondary N) is 1. The van der Waals surface area contributed by atoms with E-state index in [2.05, 4.69) is 19.2 Å². The van der Waals surface area contributed by atoms with Crippen molar-refractivity contribution in [1.82, 2.24) is 5.32 Å². The summed E-state index contributed by atoms with van der Waals surface area (Å²) in [6.07, 6.45) is 0. The van der Waals surface area contributed by atoms with E-state index in [9.17, 15) is 0 Å². The molecule has 0 rings (SSSR count). The monoisotopic (exact) mass is 176 g/mol. The highest BCUT2D eigenvalue weighted by atomic mass is 32.2. The molecule has 0 saturated heterocycles. The fraction of sp³-hybridized carbons (Fsp3) is 1.00. The Balaban J connectivity index is 2.89. The van der Waals surface area contributed by atoms with Crippen molar-refractivity contribution in [1.29, 1.82) is 0 Å². The SMILES string of the molecule is CCNCCSCC(C)CN. The van der Waals surface area contributed by atoms with Crippen molar-refractivity contribution < 1.29 is 0 Å². The summed E-state index contributed by atoms with van der Waals surface area (Å²) in [7, 11) is 0. The van der Waals surface area contributed by atoms with Crippen LogP contribution in [0.15, 0.2) is 0 Å². The molecule has 0 fully saturated rings. The van der Waals surface area contributed by atoms with E-state index in [4.69, 9.17) is 5.73 Å². The molecule has 0 aliphatic rings. The molecule has 0 amide bonds. The summed E-state index contributed by atoms with van der Waals surface area (Å²) in [5.41, 5.74) is 5.48. The third-order valence-corrected chi connectivity index (χ3v) is 2.78. The van der Waals surface area contributed by atoms with Crippen LogP contribution in [0.2, 0.25) is 0 Å². The molecule has 0 aromatic carbocycles. The van der Waals surface area contributed by atoms with Crippen LogP contribution in [0.25, 0.3) is 0 Å². The smallest absolute Gasteiger partial charge is 0.00582 e. The third-order valence-electron chi connectivity index (χ3n) is 1.48. The molecule has 0 aromatic heterocycles. The average molecular weight is 176 g/mol. The molecule has 0 aliphatic carbocycles. The molecule has 1 atom stereocenters. The summed E-state index contributed by atoms with van der Waals surface area (Å²) >= 11 is 1.98. The molecule has 3 N–H and O–H groups in total. The minimum absolute atomic E-state index is 0.668. The Morgan fingerprint density at radius 1 is 1.55 bits per heavy atom. The first-order valence-corrected chi connectivity index (χ1v) is 5.45. The van der Waals surface area contributed by atoms with E-state index < -0.39 is 0 Å². The number of rotatable bonds is 7. The number of hydrogen-bond acceptors (Lipinski definition) is 3. The average Bonchev–Trinajstić information content (AvgIpc) is 2.04. The first kappa shape index (κ1) is 11.3. The van der Waals surface area contributed by atoms with Crippen LogP contribution < -0.4 is 11.1 Å². The van der Waals surface area contributed by atoms with E-state index in [1.54, 1.807) is 0 Å². The molecule has 0 radical (unpaired) electrons. The van der Waals surface area contributed by atoms with Crippen LogP contribution in [0.5, 0.6) is 0 Å². The molecule has 2 nitrogen and oxygen atoms in total. The van der Waals surface area contributed by atoms with Crippen molar-refractivity contribution in [3.05, 3.63) is 0 Å². The van der Waals surface area contributed by atoms with Gasteiger partial charge in [0.2, 0.25) is 0 Å². The van der Waals surface area contributed by atoms with Crippen molar-refractivity contribution in [3.8, 4) is 0 Å². The molecule has 68 valence electrons. The summed E-state index contributed by atoms with van der Waals surface area (Å²) in [4.78, 5) is 0. The summed E-state index contributed by atoms with van der Waals surface area (Å²) < 4.78 is 0. The Morgan fingerprint density at radius 2 is 2.27 bits per heavy atom. The van der Waals surface area contributed by atoms with Crippen LogP contribution in [0.1, 0.15) is 13.8 Å². The van der Waals surface area contributed by atoms with E-state index in [1.807, 2.05) is 11.8 Å². The Labute approximate surface area is 74.3 Å². The van der Waals surface area contributed by atoms with Gasteiger partial charge in [0.1, 0.15) is 0 Å². The standard InChI is InChI=1S/C8H20N2S/c1-3-10-4-5-11-7-8(2)6-9/h8,10H,3-7,9H2,1-2H3. The Bertz CT molecular complexity index is 78.5. The zero-order valence-corrected chi connectivity index (χ0v) is 8.41. The molecule has 0 saturated carbocycles. The van der Waals surface area contributed by atoms with E-state index in [-0.39, 0.29) is 0 Å². The van der Waals surface area contributed by atoms with Crippen molar-refractivity contribution in [2.24, 2.45) is 11.7 Å². The fourth-order valence-electron chi connectivity index (χ4n) is 0.674. The van der Waals surface area contributed by atoms with Crippen LogP contribution >= 0.6 is 11.8 Å². The van der Waals surface area contributed by atoms with Crippen LogP contribution in [-0.4, -0.2) is 31.1 Å². The maximum Gasteiger partial charge on any atom is 0.00582 e. The quantitative estimate of drug-likeness (QED) is 0.567. The lowest BCUT2D eigenvalue weighted by molar-refractivity contribution is 0.674. The zero-order valence-electron chi connectivity index (χ0n) is 7.60. The molecule has 0 aliphatic heterocycles. The van der Waals surface area contributed by atoms with E-state index >= 15 is 0 Å². The highest BCUT2D eigenvalue weighted by Gasteiger charge is 1.97. The van der Waals surface area contributed by atoms with E-state index in [0.29, 0.717) is 5.92 Å². The van der Waals surface area contributed by atoms with Crippen molar-refractivity contribution in [2.45, 2.75) is 13.8 Å². The first-order chi connectivity index (χ1) is 5.31. The minimum Gasteiger partial charge on any atom is -0.330 e. The number of nitrogens with two attached hydrogens (primary N) is 1. The predicted octanol–water partition coefficient (Wildman–Crippen LogP) is 0.924. The van der Waals surface area contributed by atoms with Gasteiger partial charge < -0.3 is 11.1 Å². The zero-order chi connectivity index (χ0) is 8.53. The fourth-order valence-corrected chi connectivity index (χ4v) is 1.67. The normalized spacial score (nSPS) is 13.4. The lowest BCUT2D eigenvalue weighted by Crippen LogP contribution is -2.18. The van der Waals surface area contributed by atoms with Gasteiger partial charge in [0.05, 0.1) is 0 Å². The molecule has 0 aromatic rings. The largest absolute Gasteiger partial charge is 0.330 e. The molecular weight excluding hydrogens is 156 g/mol. The molecule has 11 heavy (non-hydrogen) atoms. The van der Waals surface area contributed by atoms with Gasteiger partial charge in [-0.1, -0.05) is 13.8 Å². The van der Waals surface area contributed by atoms with Gasteiger partial charge in [-0.05, 0) is 24.8 Å². The summed E-state index contributed by atoms with van der Waals surface area (Å²) in [6, 6.07) is 0. The Morgan fingerprint density at radius 3 is 2.82 bits per heavy atom. The highest BCUT2D eigenvalue weighted by molar-refractivity contribution is 7.99. The van der Waals surface area contributed by atoms with E-state index in [1.165, 1.54) is 11.5 Å². The predicted molar refractivity (Wildman–Crippen MR) is 54.1 cm³/mol. The minimum atomic E-state index is 0.668. The maximum atomic E-state index is 5.48. The van der Waals surface area contributed by atoms with Gasteiger partial charge in [-0.2, -0.15) is 11.8 Å². The van der Waals surface area contributed by atoms with Gasteiger partial charge in [-0.3, -0.25) is 0 Å². The van der Waals surface area contributed by atoms with Crippen LogP contribution in [0.4, 0.5) is 0 Å². The molecule has 3 heteroatoms. The lowest BCUT2D eigenvalue weighted by atomic mass is 10.2. The summed E-state index contributed by atoms with van der Waals surface area (Å²) in [6.45, 7) is 7.34. The van der Waals surface area contributed by atoms with E-state index in [0.717, 1.165) is 19.6 Å². The molecule has 0 bridgehead atoms. The van der Waals surface area contributed by atoms with Crippen LogP contribution in [-0.2, 0) is 0 Å². The Kier molecular flexibility index (Phi) is 8.57. The second-order valence-electron chi connectivity index (χ2n) is 2.77. The Hall–Kier alpha value is 0.270. The van der Waals surface area contributed by atoms with Gasteiger partial charge in [0, 0.05) is 12.3 Å². The van der Waals surface area contributed by atoms with Crippen LogP contribution in [0.3, 0.4) is 0 Å². The highest BCUT2D eigenvalue weighted by Crippen LogP contribution is 2.05. The molecular formula is C8H20N2S. The molecule has 0 spiro atoms. The number of thioether (sulfide) groups is 1. The van der Waals surface area contributed by atoms with Crippen LogP contribution in [0, 0.1) is 5.92 Å². The maximum absolute atomic E-state index is 5.48. The second-order valence-corrected chi connectivity index (χ2v) is 3.92. The van der Waals surface area contributed by atoms with Crippen molar-refractivity contribution in [2.75, 3.05) is 31.1 Å². The molecule has 1 unspecified atom stereocenters. The number of hydrogen-bond donors (Lipinski definition) is 2. The first-order valence-electron chi connectivity index (χ1n) is 4.29. The van der Waals surface area contributed by atoms with Gasteiger partial charge in [0.15, 0.2) is 0 Å². The lowest BCUT2D eigenvalue weighted by Gasteiger charge is -2.07. The topological polar surface area (TPSA) is 38.0 Å². The summed E-state index contributed by atoms with van der Waals surface area (Å²) in [5, 5.41) is 3.29.